The fourth-order valence-corrected chi connectivity index (χ4v) is 3.96. The molecule has 0 aliphatic carbocycles. The van der Waals surface area contributed by atoms with Gasteiger partial charge in [-0.3, -0.25) is 0 Å². The summed E-state index contributed by atoms with van der Waals surface area (Å²) in [7, 11) is 0. The van der Waals surface area contributed by atoms with Crippen LogP contribution in [0.3, 0.4) is 0 Å². The fourth-order valence-electron chi connectivity index (χ4n) is 2.72. The van der Waals surface area contributed by atoms with Gasteiger partial charge >= 0.3 is 5.97 Å². The number of thioether (sulfide) groups is 1. The topological polar surface area (TPSA) is 68.1 Å². The molecule has 22 heavy (non-hydrogen) atoms. The molecule has 1 spiro atoms. The Morgan fingerprint density at radius 1 is 1.55 bits per heavy atom. The monoisotopic (exact) mass is 325 g/mol. The Bertz CT molecular complexity index is 492. The largest absolute Gasteiger partial charge is 0.511 e. The first-order valence-corrected chi connectivity index (χ1v) is 8.80. The smallest absolute Gasteiger partial charge is 0.344 e. The van der Waals surface area contributed by atoms with Crippen molar-refractivity contribution in [1.82, 2.24) is 0 Å². The first kappa shape index (κ1) is 16.9. The van der Waals surface area contributed by atoms with Gasteiger partial charge in [0, 0.05) is 6.42 Å². The standard InChI is InChI=1S/C16H23NO4S/c1-3-5-12(17-20-8-4-2)14-13(18)11-16(21-15(14)19)6-9-22-10-7-16/h4,18H,2-3,5-11H2,1H3/b17-12+. The van der Waals surface area contributed by atoms with E-state index in [4.69, 9.17) is 9.57 Å². The minimum atomic E-state index is -0.533. The molecule has 0 aromatic heterocycles. The summed E-state index contributed by atoms with van der Waals surface area (Å²) in [5.41, 5.74) is 0.0940. The van der Waals surface area contributed by atoms with E-state index < -0.39 is 11.6 Å². The van der Waals surface area contributed by atoms with Crippen LogP contribution in [0.15, 0.2) is 29.1 Å². The van der Waals surface area contributed by atoms with Crippen molar-refractivity contribution in [3.63, 3.8) is 0 Å². The molecular formula is C16H23NO4S. The van der Waals surface area contributed by atoms with E-state index in [0.717, 1.165) is 30.8 Å². The number of esters is 1. The molecule has 0 saturated carbocycles. The Morgan fingerprint density at radius 2 is 2.27 bits per heavy atom. The molecule has 2 aliphatic heterocycles. The Labute approximate surface area is 135 Å². The first-order valence-electron chi connectivity index (χ1n) is 7.65. The van der Waals surface area contributed by atoms with Crippen molar-refractivity contribution < 1.29 is 19.5 Å². The molecule has 5 nitrogen and oxygen atoms in total. The van der Waals surface area contributed by atoms with Crippen LogP contribution in [0, 0.1) is 0 Å². The molecular weight excluding hydrogens is 302 g/mol. The van der Waals surface area contributed by atoms with Gasteiger partial charge in [0.05, 0.1) is 5.71 Å². The van der Waals surface area contributed by atoms with Crippen molar-refractivity contribution in [3.05, 3.63) is 24.0 Å². The summed E-state index contributed by atoms with van der Waals surface area (Å²) in [5.74, 6) is 1.50. The van der Waals surface area contributed by atoms with Gasteiger partial charge in [0.25, 0.3) is 0 Å². The number of aliphatic hydroxyl groups is 1. The van der Waals surface area contributed by atoms with E-state index in [-0.39, 0.29) is 17.9 Å². The first-order chi connectivity index (χ1) is 10.6. The van der Waals surface area contributed by atoms with Crippen molar-refractivity contribution in [3.8, 4) is 0 Å². The Kier molecular flexibility index (Phi) is 5.94. The molecule has 2 heterocycles. The highest BCUT2D eigenvalue weighted by Gasteiger charge is 2.44. The highest BCUT2D eigenvalue weighted by molar-refractivity contribution is 7.99. The summed E-state index contributed by atoms with van der Waals surface area (Å²) < 4.78 is 5.70. The molecule has 0 atom stereocenters. The molecule has 1 saturated heterocycles. The number of carbonyl (C=O) groups is 1. The normalized spacial score (nSPS) is 21.7. The lowest BCUT2D eigenvalue weighted by molar-refractivity contribution is -0.158. The van der Waals surface area contributed by atoms with Gasteiger partial charge in [-0.15, -0.1) is 0 Å². The number of carbonyl (C=O) groups excluding carboxylic acids is 1. The third-order valence-electron chi connectivity index (χ3n) is 3.84. The molecule has 0 radical (unpaired) electrons. The molecule has 2 aliphatic rings. The summed E-state index contributed by atoms with van der Waals surface area (Å²) in [6, 6.07) is 0. The lowest BCUT2D eigenvalue weighted by atomic mass is 9.86. The average Bonchev–Trinajstić information content (AvgIpc) is 2.47. The van der Waals surface area contributed by atoms with E-state index >= 15 is 0 Å². The zero-order valence-electron chi connectivity index (χ0n) is 13.0. The second-order valence-electron chi connectivity index (χ2n) is 5.56. The summed E-state index contributed by atoms with van der Waals surface area (Å²) >= 11 is 1.85. The van der Waals surface area contributed by atoms with Crippen LogP contribution in [0.4, 0.5) is 0 Å². The minimum absolute atomic E-state index is 0.0811. The highest BCUT2D eigenvalue weighted by Crippen LogP contribution is 2.39. The molecule has 0 amide bonds. The number of ether oxygens (including phenoxy) is 1. The minimum Gasteiger partial charge on any atom is -0.511 e. The van der Waals surface area contributed by atoms with Crippen molar-refractivity contribution in [2.45, 2.75) is 44.6 Å². The molecule has 0 unspecified atom stereocenters. The summed E-state index contributed by atoms with van der Waals surface area (Å²) in [6.07, 6.45) is 4.87. The van der Waals surface area contributed by atoms with Crippen LogP contribution < -0.4 is 0 Å². The second kappa shape index (κ2) is 7.72. The zero-order valence-corrected chi connectivity index (χ0v) is 13.8. The van der Waals surface area contributed by atoms with Crippen molar-refractivity contribution in [1.29, 1.82) is 0 Å². The number of nitrogens with zero attached hydrogens (tertiary/aromatic N) is 1. The molecule has 1 N–H and O–H groups in total. The quantitative estimate of drug-likeness (QED) is 0.267. The molecule has 2 rings (SSSR count). The van der Waals surface area contributed by atoms with E-state index in [9.17, 15) is 9.90 Å². The van der Waals surface area contributed by atoms with E-state index in [1.54, 1.807) is 6.08 Å². The molecule has 0 bridgehead atoms. The zero-order chi connectivity index (χ0) is 16.0. The molecule has 0 aromatic rings. The fraction of sp³-hybridized carbons (Fsp3) is 0.625. The second-order valence-corrected chi connectivity index (χ2v) is 6.78. The van der Waals surface area contributed by atoms with Crippen molar-refractivity contribution >= 4 is 23.4 Å². The van der Waals surface area contributed by atoms with E-state index in [0.29, 0.717) is 18.6 Å². The lowest BCUT2D eigenvalue weighted by Gasteiger charge is -2.39. The summed E-state index contributed by atoms with van der Waals surface area (Å²) in [5, 5.41) is 14.4. The van der Waals surface area contributed by atoms with Gasteiger partial charge < -0.3 is 14.7 Å². The average molecular weight is 325 g/mol. The SMILES string of the molecule is C=CCO/N=C(\CCC)C1=C(O)CC2(CCSCC2)OC1=O. The van der Waals surface area contributed by atoms with Gasteiger partial charge in [0.2, 0.25) is 0 Å². The summed E-state index contributed by atoms with van der Waals surface area (Å²) in [4.78, 5) is 17.5. The van der Waals surface area contributed by atoms with Crippen molar-refractivity contribution in [2.75, 3.05) is 18.1 Å². The van der Waals surface area contributed by atoms with Crippen LogP contribution in [0.1, 0.15) is 39.0 Å². The molecule has 1 fully saturated rings. The van der Waals surface area contributed by atoms with E-state index in [1.807, 2.05) is 18.7 Å². The van der Waals surface area contributed by atoms with E-state index in [2.05, 4.69) is 11.7 Å². The Balaban J connectivity index is 2.23. The van der Waals surface area contributed by atoms with Gasteiger partial charge in [-0.1, -0.05) is 31.2 Å². The van der Waals surface area contributed by atoms with Crippen LogP contribution in [0.25, 0.3) is 0 Å². The predicted molar refractivity (Wildman–Crippen MR) is 88.1 cm³/mol. The van der Waals surface area contributed by atoms with Crippen LogP contribution in [-0.2, 0) is 14.4 Å². The number of hydrogen-bond acceptors (Lipinski definition) is 6. The van der Waals surface area contributed by atoms with Gasteiger partial charge in [0.1, 0.15) is 23.5 Å². The maximum atomic E-state index is 12.4. The van der Waals surface area contributed by atoms with Gasteiger partial charge in [0.15, 0.2) is 0 Å². The maximum Gasteiger partial charge on any atom is 0.344 e. The molecule has 6 heteroatoms. The molecule has 0 aromatic carbocycles. The van der Waals surface area contributed by atoms with Crippen LogP contribution >= 0.6 is 11.8 Å². The van der Waals surface area contributed by atoms with Crippen LogP contribution in [-0.4, -0.2) is 40.5 Å². The Morgan fingerprint density at radius 3 is 2.86 bits per heavy atom. The van der Waals surface area contributed by atoms with Gasteiger partial charge in [-0.25, -0.2) is 4.79 Å². The molecule has 122 valence electrons. The highest BCUT2D eigenvalue weighted by atomic mass is 32.2. The third kappa shape index (κ3) is 3.85. The van der Waals surface area contributed by atoms with Crippen LogP contribution in [0.5, 0.6) is 0 Å². The van der Waals surface area contributed by atoms with E-state index in [1.165, 1.54) is 0 Å². The van der Waals surface area contributed by atoms with Gasteiger partial charge in [-0.2, -0.15) is 11.8 Å². The number of aliphatic hydroxyl groups excluding tert-OH is 1. The number of oxime groups is 1. The number of rotatable bonds is 6. The predicted octanol–water partition coefficient (Wildman–Crippen LogP) is 3.37. The van der Waals surface area contributed by atoms with Crippen molar-refractivity contribution in [2.24, 2.45) is 5.16 Å². The number of hydrogen-bond donors (Lipinski definition) is 1. The summed E-state index contributed by atoms with van der Waals surface area (Å²) in [6.45, 7) is 5.80. The third-order valence-corrected chi connectivity index (χ3v) is 4.82. The van der Waals surface area contributed by atoms with Crippen LogP contribution in [0.2, 0.25) is 0 Å². The maximum absolute atomic E-state index is 12.4. The lowest BCUT2D eigenvalue weighted by Crippen LogP contribution is -2.44. The Hall–Kier alpha value is -1.43. The van der Waals surface area contributed by atoms with Gasteiger partial charge in [-0.05, 0) is 30.8 Å².